The summed E-state index contributed by atoms with van der Waals surface area (Å²) in [6, 6.07) is 1.11. The first-order valence-corrected chi connectivity index (χ1v) is 15.3. The molecule has 0 spiro atoms. The molecule has 1 saturated heterocycles. The van der Waals surface area contributed by atoms with Gasteiger partial charge in [-0.05, 0) is 44.4 Å². The zero-order valence-electron chi connectivity index (χ0n) is 17.6. The zero-order valence-corrected chi connectivity index (χ0v) is 19.6. The predicted molar refractivity (Wildman–Crippen MR) is 110 cm³/mol. The van der Waals surface area contributed by atoms with E-state index in [1.54, 1.807) is 0 Å². The Bertz CT molecular complexity index is 359. The molecule has 1 aliphatic heterocycles. The van der Waals surface area contributed by atoms with Crippen molar-refractivity contribution < 1.29 is 8.85 Å². The van der Waals surface area contributed by atoms with Crippen molar-refractivity contribution in [1.29, 1.82) is 0 Å². The van der Waals surface area contributed by atoms with Crippen LogP contribution in [0.15, 0.2) is 0 Å². The van der Waals surface area contributed by atoms with Gasteiger partial charge in [0.1, 0.15) is 8.24 Å². The normalized spacial score (nSPS) is 19.0. The van der Waals surface area contributed by atoms with E-state index in [2.05, 4.69) is 63.7 Å². The molecule has 0 saturated carbocycles. The van der Waals surface area contributed by atoms with Gasteiger partial charge in [0.15, 0.2) is 0 Å². The maximum Gasteiger partial charge on any atom is 0.334 e. The third-order valence-corrected chi connectivity index (χ3v) is 14.8. The highest BCUT2D eigenvalue weighted by Gasteiger charge is 2.41. The maximum atomic E-state index is 5.95. The highest BCUT2D eigenvalue weighted by atomic mass is 28.4. The van der Waals surface area contributed by atoms with Crippen LogP contribution in [-0.4, -0.2) is 72.2 Å². The number of hydrogen-bond acceptors (Lipinski definition) is 4. The second-order valence-electron chi connectivity index (χ2n) is 8.74. The molecule has 24 heavy (non-hydrogen) atoms. The highest BCUT2D eigenvalue weighted by molar-refractivity contribution is 6.77. The van der Waals surface area contributed by atoms with Crippen LogP contribution in [0.25, 0.3) is 0 Å². The Hall–Kier alpha value is 0.274. The highest BCUT2D eigenvalue weighted by Crippen LogP contribution is 2.38. The van der Waals surface area contributed by atoms with Crippen molar-refractivity contribution >= 4 is 16.8 Å². The fourth-order valence-corrected chi connectivity index (χ4v) is 8.09. The van der Waals surface area contributed by atoms with E-state index in [1.165, 1.54) is 39.1 Å². The first-order chi connectivity index (χ1) is 11.1. The lowest BCUT2D eigenvalue weighted by Gasteiger charge is -2.49. The Kier molecular flexibility index (Phi) is 8.63. The van der Waals surface area contributed by atoms with Gasteiger partial charge in [-0.3, -0.25) is 0 Å². The van der Waals surface area contributed by atoms with E-state index < -0.39 is 16.8 Å². The molecule has 1 rings (SSSR count). The van der Waals surface area contributed by atoms with E-state index in [0.29, 0.717) is 5.04 Å². The monoisotopic (exact) mass is 374 g/mol. The average Bonchev–Trinajstić information content (AvgIpc) is 2.47. The lowest BCUT2D eigenvalue weighted by atomic mass is 10.2. The molecule has 1 heterocycles. The van der Waals surface area contributed by atoms with Crippen LogP contribution in [0.1, 0.15) is 41.0 Å². The summed E-state index contributed by atoms with van der Waals surface area (Å²) >= 11 is 0. The van der Waals surface area contributed by atoms with Gasteiger partial charge in [-0.1, -0.05) is 33.9 Å². The van der Waals surface area contributed by atoms with E-state index in [0.717, 1.165) is 19.3 Å². The van der Waals surface area contributed by atoms with Gasteiger partial charge >= 0.3 is 8.56 Å². The van der Waals surface area contributed by atoms with Gasteiger partial charge in [0.2, 0.25) is 0 Å². The van der Waals surface area contributed by atoms with Gasteiger partial charge in [-0.2, -0.15) is 0 Å². The largest absolute Gasteiger partial charge is 0.395 e. The molecule has 0 aromatic rings. The van der Waals surface area contributed by atoms with Crippen molar-refractivity contribution in [2.45, 2.75) is 71.8 Å². The molecule has 0 unspecified atom stereocenters. The standard InChI is InChI=1S/C18H42N2O2Si2/c1-9-21-24(8,22-10-2)17-11-12-19-13-15-20(16-14-19)23(6,7)18(3,4)5/h9-17H2,1-8H3. The van der Waals surface area contributed by atoms with Crippen LogP contribution >= 0.6 is 0 Å². The molecular weight excluding hydrogens is 332 g/mol. The molecule has 0 N–H and O–H groups in total. The topological polar surface area (TPSA) is 24.9 Å². The number of piperazine rings is 1. The summed E-state index contributed by atoms with van der Waals surface area (Å²) in [6.07, 6.45) is 1.20. The van der Waals surface area contributed by atoms with E-state index in [-0.39, 0.29) is 0 Å². The lowest BCUT2D eigenvalue weighted by molar-refractivity contribution is 0.169. The average molecular weight is 375 g/mol. The van der Waals surface area contributed by atoms with E-state index >= 15 is 0 Å². The predicted octanol–water partition coefficient (Wildman–Crippen LogP) is 4.14. The van der Waals surface area contributed by atoms with Crippen LogP contribution in [0.5, 0.6) is 0 Å². The molecule has 4 nitrogen and oxygen atoms in total. The second kappa shape index (κ2) is 9.28. The zero-order chi connectivity index (χ0) is 18.4. The Morgan fingerprint density at radius 3 is 1.79 bits per heavy atom. The summed E-state index contributed by atoms with van der Waals surface area (Å²) in [5, 5.41) is 0.442. The summed E-state index contributed by atoms with van der Waals surface area (Å²) in [4.78, 5) is 2.64. The SMILES string of the molecule is CCO[Si](C)(CCCN1CCN([Si](C)(C)C(C)(C)C)CC1)OCC. The van der Waals surface area contributed by atoms with E-state index in [9.17, 15) is 0 Å². The summed E-state index contributed by atoms with van der Waals surface area (Å²) in [6.45, 7) is 26.3. The van der Waals surface area contributed by atoms with Crippen LogP contribution < -0.4 is 0 Å². The van der Waals surface area contributed by atoms with Crippen molar-refractivity contribution in [2.75, 3.05) is 45.9 Å². The Labute approximate surface area is 153 Å². The minimum absolute atomic E-state index is 0.442. The number of hydrogen-bond donors (Lipinski definition) is 0. The van der Waals surface area contributed by atoms with Crippen molar-refractivity contribution in [3.8, 4) is 0 Å². The molecule has 0 aliphatic carbocycles. The van der Waals surface area contributed by atoms with Gasteiger partial charge in [0.25, 0.3) is 0 Å². The quantitative estimate of drug-likeness (QED) is 0.566. The third kappa shape index (κ3) is 6.21. The summed E-state index contributed by atoms with van der Waals surface area (Å²) in [5.41, 5.74) is 0. The molecule has 0 radical (unpaired) electrons. The summed E-state index contributed by atoms with van der Waals surface area (Å²) in [7, 11) is -3.28. The number of rotatable bonds is 9. The molecule has 6 heteroatoms. The Morgan fingerprint density at radius 1 is 0.875 bits per heavy atom. The molecule has 1 aliphatic rings. The van der Waals surface area contributed by atoms with Gasteiger partial charge in [0, 0.05) is 39.4 Å². The molecule has 0 aromatic heterocycles. The molecule has 0 atom stereocenters. The minimum Gasteiger partial charge on any atom is -0.395 e. The van der Waals surface area contributed by atoms with Gasteiger partial charge in [-0.25, -0.2) is 0 Å². The minimum atomic E-state index is -1.93. The van der Waals surface area contributed by atoms with Crippen molar-refractivity contribution in [1.82, 2.24) is 9.47 Å². The summed E-state index contributed by atoms with van der Waals surface area (Å²) in [5.74, 6) is 0. The van der Waals surface area contributed by atoms with Gasteiger partial charge in [0.05, 0.1) is 0 Å². The van der Waals surface area contributed by atoms with Crippen LogP contribution in [-0.2, 0) is 8.85 Å². The van der Waals surface area contributed by atoms with Crippen molar-refractivity contribution in [3.63, 3.8) is 0 Å². The molecule has 0 bridgehead atoms. The van der Waals surface area contributed by atoms with Crippen LogP contribution in [0.4, 0.5) is 0 Å². The molecule has 0 amide bonds. The molecular formula is C18H42N2O2Si2. The first-order valence-electron chi connectivity index (χ1n) is 9.81. The Morgan fingerprint density at radius 2 is 1.38 bits per heavy atom. The lowest BCUT2D eigenvalue weighted by Crippen LogP contribution is -2.61. The number of nitrogens with zero attached hydrogens (tertiary/aromatic N) is 2. The smallest absolute Gasteiger partial charge is 0.334 e. The van der Waals surface area contributed by atoms with Crippen molar-refractivity contribution in [2.24, 2.45) is 0 Å². The second-order valence-corrected chi connectivity index (χ2v) is 17.3. The molecule has 1 fully saturated rings. The fourth-order valence-electron chi connectivity index (χ4n) is 3.43. The third-order valence-electron chi connectivity index (χ3n) is 6.00. The first kappa shape index (κ1) is 22.3. The van der Waals surface area contributed by atoms with E-state index in [1.807, 2.05) is 0 Å². The van der Waals surface area contributed by atoms with E-state index in [4.69, 9.17) is 8.85 Å². The van der Waals surface area contributed by atoms with Gasteiger partial charge < -0.3 is 18.3 Å². The van der Waals surface area contributed by atoms with Gasteiger partial charge in [-0.15, -0.1) is 0 Å². The van der Waals surface area contributed by atoms with Crippen LogP contribution in [0.2, 0.25) is 30.7 Å². The van der Waals surface area contributed by atoms with Crippen molar-refractivity contribution in [3.05, 3.63) is 0 Å². The van der Waals surface area contributed by atoms with Crippen LogP contribution in [0.3, 0.4) is 0 Å². The molecule has 0 aromatic carbocycles. The Balaban J connectivity index is 2.39. The van der Waals surface area contributed by atoms with Crippen LogP contribution in [0, 0.1) is 0 Å². The fraction of sp³-hybridized carbons (Fsp3) is 1.00. The maximum absolute atomic E-state index is 5.95. The molecule has 144 valence electrons. The summed E-state index contributed by atoms with van der Waals surface area (Å²) < 4.78 is 14.7.